The van der Waals surface area contributed by atoms with Crippen molar-refractivity contribution in [2.45, 2.75) is 18.3 Å². The SMILES string of the molecule is OCC1(c2ccc(-c3ccc4cc[nH]c4c3)cc2)CC1. The molecule has 0 unspecified atom stereocenters. The molecule has 1 fully saturated rings. The van der Waals surface area contributed by atoms with E-state index in [1.165, 1.54) is 27.6 Å². The van der Waals surface area contributed by atoms with Gasteiger partial charge < -0.3 is 10.1 Å². The van der Waals surface area contributed by atoms with Crippen LogP contribution >= 0.6 is 0 Å². The van der Waals surface area contributed by atoms with Gasteiger partial charge in [-0.1, -0.05) is 36.4 Å². The molecule has 1 aliphatic carbocycles. The molecule has 2 aromatic carbocycles. The fourth-order valence-electron chi connectivity index (χ4n) is 2.93. The number of aromatic amines is 1. The number of hydrogen-bond donors (Lipinski definition) is 2. The van der Waals surface area contributed by atoms with Gasteiger partial charge in [-0.3, -0.25) is 0 Å². The van der Waals surface area contributed by atoms with Crippen LogP contribution in [0.15, 0.2) is 54.7 Å². The number of fused-ring (bicyclic) bond motifs is 1. The average molecular weight is 263 g/mol. The van der Waals surface area contributed by atoms with E-state index in [2.05, 4.69) is 53.5 Å². The summed E-state index contributed by atoms with van der Waals surface area (Å²) in [6.07, 6.45) is 4.18. The zero-order chi connectivity index (χ0) is 13.6. The van der Waals surface area contributed by atoms with E-state index in [0.717, 1.165) is 12.8 Å². The minimum atomic E-state index is 0.0575. The normalized spacial score (nSPS) is 16.4. The fourth-order valence-corrected chi connectivity index (χ4v) is 2.93. The predicted molar refractivity (Wildman–Crippen MR) is 81.7 cm³/mol. The molecular weight excluding hydrogens is 246 g/mol. The Kier molecular flexibility index (Phi) is 2.48. The lowest BCUT2D eigenvalue weighted by Crippen LogP contribution is -2.11. The molecule has 100 valence electrons. The minimum Gasteiger partial charge on any atom is -0.395 e. The van der Waals surface area contributed by atoms with E-state index in [-0.39, 0.29) is 12.0 Å². The third-order valence-corrected chi connectivity index (χ3v) is 4.54. The summed E-state index contributed by atoms with van der Waals surface area (Å²) in [4.78, 5) is 3.25. The molecule has 2 nitrogen and oxygen atoms in total. The first kappa shape index (κ1) is 11.7. The fraction of sp³-hybridized carbons (Fsp3) is 0.222. The molecule has 0 amide bonds. The number of aliphatic hydroxyl groups is 1. The quantitative estimate of drug-likeness (QED) is 0.739. The van der Waals surface area contributed by atoms with Gasteiger partial charge in [0.1, 0.15) is 0 Å². The van der Waals surface area contributed by atoms with E-state index < -0.39 is 0 Å². The van der Waals surface area contributed by atoms with E-state index in [0.29, 0.717) is 0 Å². The van der Waals surface area contributed by atoms with E-state index in [4.69, 9.17) is 0 Å². The third-order valence-electron chi connectivity index (χ3n) is 4.54. The number of hydrogen-bond acceptors (Lipinski definition) is 1. The molecule has 1 aliphatic rings. The zero-order valence-corrected chi connectivity index (χ0v) is 11.3. The second kappa shape index (κ2) is 4.22. The molecule has 0 radical (unpaired) electrons. The van der Waals surface area contributed by atoms with Gasteiger partial charge in [0.2, 0.25) is 0 Å². The van der Waals surface area contributed by atoms with E-state index in [9.17, 15) is 5.11 Å². The van der Waals surface area contributed by atoms with Crippen LogP contribution in [0.1, 0.15) is 18.4 Å². The maximum absolute atomic E-state index is 9.49. The first-order chi connectivity index (χ1) is 9.81. The molecule has 20 heavy (non-hydrogen) atoms. The Bertz CT molecular complexity index is 750. The summed E-state index contributed by atoms with van der Waals surface area (Å²) in [5.41, 5.74) is 4.94. The van der Waals surface area contributed by atoms with Crippen LogP contribution in [-0.4, -0.2) is 16.7 Å². The zero-order valence-electron chi connectivity index (χ0n) is 11.3. The van der Waals surface area contributed by atoms with Gasteiger partial charge in [-0.15, -0.1) is 0 Å². The summed E-state index contributed by atoms with van der Waals surface area (Å²) in [6.45, 7) is 0.265. The molecule has 0 atom stereocenters. The summed E-state index contributed by atoms with van der Waals surface area (Å²) in [6, 6.07) is 17.2. The standard InChI is InChI=1S/C18H17NO/c20-12-18(8-9-18)16-5-3-13(4-6-16)15-2-1-14-7-10-19-17(14)11-15/h1-7,10-11,19-20H,8-9,12H2. The largest absolute Gasteiger partial charge is 0.395 e. The number of rotatable bonds is 3. The van der Waals surface area contributed by atoms with Gasteiger partial charge in [-0.05, 0) is 47.1 Å². The molecule has 1 heterocycles. The Morgan fingerprint density at radius 2 is 1.70 bits per heavy atom. The number of benzene rings is 2. The van der Waals surface area contributed by atoms with Gasteiger partial charge >= 0.3 is 0 Å². The average Bonchev–Trinajstić information content (AvgIpc) is 3.17. The highest BCUT2D eigenvalue weighted by molar-refractivity contribution is 5.84. The van der Waals surface area contributed by atoms with Crippen molar-refractivity contribution in [1.29, 1.82) is 0 Å². The van der Waals surface area contributed by atoms with Crippen LogP contribution in [0.5, 0.6) is 0 Å². The van der Waals surface area contributed by atoms with Gasteiger partial charge in [-0.2, -0.15) is 0 Å². The van der Waals surface area contributed by atoms with E-state index in [1.54, 1.807) is 0 Å². The topological polar surface area (TPSA) is 36.0 Å². The molecule has 0 spiro atoms. The van der Waals surface area contributed by atoms with Crippen LogP contribution in [0.3, 0.4) is 0 Å². The summed E-state index contributed by atoms with van der Waals surface area (Å²) in [5, 5.41) is 10.7. The van der Waals surface area contributed by atoms with Crippen molar-refractivity contribution < 1.29 is 5.11 Å². The summed E-state index contributed by atoms with van der Waals surface area (Å²) < 4.78 is 0. The molecule has 0 aliphatic heterocycles. The Hall–Kier alpha value is -2.06. The summed E-state index contributed by atoms with van der Waals surface area (Å²) in [7, 11) is 0. The third kappa shape index (κ3) is 1.76. The molecule has 0 saturated heterocycles. The Morgan fingerprint density at radius 1 is 0.950 bits per heavy atom. The Labute approximate surface area is 118 Å². The maximum atomic E-state index is 9.49. The highest BCUT2D eigenvalue weighted by atomic mass is 16.3. The summed E-state index contributed by atoms with van der Waals surface area (Å²) >= 11 is 0. The lowest BCUT2D eigenvalue weighted by atomic mass is 9.94. The van der Waals surface area contributed by atoms with Crippen LogP contribution in [-0.2, 0) is 5.41 Å². The minimum absolute atomic E-state index is 0.0575. The monoisotopic (exact) mass is 263 g/mol. The predicted octanol–water partition coefficient (Wildman–Crippen LogP) is 3.86. The van der Waals surface area contributed by atoms with Crippen LogP contribution in [0.2, 0.25) is 0 Å². The van der Waals surface area contributed by atoms with E-state index >= 15 is 0 Å². The highest BCUT2D eigenvalue weighted by Gasteiger charge is 2.43. The van der Waals surface area contributed by atoms with Crippen molar-refractivity contribution in [2.24, 2.45) is 0 Å². The second-order valence-electron chi connectivity index (χ2n) is 5.80. The molecule has 2 heteroatoms. The molecule has 3 aromatic rings. The molecule has 1 saturated carbocycles. The van der Waals surface area contributed by atoms with Crippen molar-refractivity contribution >= 4 is 10.9 Å². The van der Waals surface area contributed by atoms with Gasteiger partial charge in [0.05, 0.1) is 6.61 Å². The highest BCUT2D eigenvalue weighted by Crippen LogP contribution is 2.47. The van der Waals surface area contributed by atoms with Crippen molar-refractivity contribution in [3.8, 4) is 11.1 Å². The van der Waals surface area contributed by atoms with E-state index in [1.807, 2.05) is 6.20 Å². The summed E-state index contributed by atoms with van der Waals surface area (Å²) in [5.74, 6) is 0. The molecule has 0 bridgehead atoms. The van der Waals surface area contributed by atoms with Crippen LogP contribution < -0.4 is 0 Å². The van der Waals surface area contributed by atoms with Crippen molar-refractivity contribution in [2.75, 3.05) is 6.61 Å². The van der Waals surface area contributed by atoms with Crippen molar-refractivity contribution in [3.63, 3.8) is 0 Å². The molecule has 4 rings (SSSR count). The molecular formula is C18H17NO. The van der Waals surface area contributed by atoms with Crippen LogP contribution in [0.4, 0.5) is 0 Å². The van der Waals surface area contributed by atoms with Crippen molar-refractivity contribution in [1.82, 2.24) is 4.98 Å². The first-order valence-corrected chi connectivity index (χ1v) is 7.10. The lowest BCUT2D eigenvalue weighted by Gasteiger charge is -2.12. The second-order valence-corrected chi connectivity index (χ2v) is 5.80. The van der Waals surface area contributed by atoms with Gasteiger partial charge in [0.15, 0.2) is 0 Å². The van der Waals surface area contributed by atoms with Gasteiger partial charge in [0.25, 0.3) is 0 Å². The number of nitrogens with one attached hydrogen (secondary N) is 1. The Balaban J connectivity index is 1.71. The lowest BCUT2D eigenvalue weighted by molar-refractivity contribution is 0.255. The van der Waals surface area contributed by atoms with Gasteiger partial charge in [0, 0.05) is 17.1 Å². The number of aromatic nitrogens is 1. The molecule has 1 aromatic heterocycles. The number of aliphatic hydroxyl groups excluding tert-OH is 1. The Morgan fingerprint density at radius 3 is 2.40 bits per heavy atom. The smallest absolute Gasteiger partial charge is 0.0527 e. The van der Waals surface area contributed by atoms with Crippen LogP contribution in [0.25, 0.3) is 22.0 Å². The molecule has 2 N–H and O–H groups in total. The first-order valence-electron chi connectivity index (χ1n) is 7.10. The van der Waals surface area contributed by atoms with Gasteiger partial charge in [-0.25, -0.2) is 0 Å². The number of H-pyrrole nitrogens is 1. The van der Waals surface area contributed by atoms with Crippen LogP contribution in [0, 0.1) is 0 Å². The maximum Gasteiger partial charge on any atom is 0.0527 e. The van der Waals surface area contributed by atoms with Crippen molar-refractivity contribution in [3.05, 3.63) is 60.3 Å².